The van der Waals surface area contributed by atoms with E-state index in [-0.39, 0.29) is 42.3 Å². The average molecular weight is 505 g/mol. The summed E-state index contributed by atoms with van der Waals surface area (Å²) in [6, 6.07) is 0. The number of nitrogens with zero attached hydrogens (tertiary/aromatic N) is 3. The number of carbonyl (C=O) groups is 1. The van der Waals surface area contributed by atoms with Crippen LogP contribution in [0.4, 0.5) is 13.2 Å². The normalized spacial score (nSPS) is 18.4. The Balaban J connectivity index is 0.00000338. The van der Waals surface area contributed by atoms with Gasteiger partial charge in [-0.3, -0.25) is 4.79 Å². The van der Waals surface area contributed by atoms with Crippen LogP contribution in [0.15, 0.2) is 10.4 Å². The monoisotopic (exact) mass is 505 g/mol. The fourth-order valence-electron chi connectivity index (χ4n) is 2.79. The van der Waals surface area contributed by atoms with E-state index in [0.717, 1.165) is 36.1 Å². The van der Waals surface area contributed by atoms with Crippen LogP contribution in [0.5, 0.6) is 0 Å². The zero-order valence-electron chi connectivity index (χ0n) is 14.4. The minimum absolute atomic E-state index is 0. The third-order valence-corrected chi connectivity index (χ3v) is 4.68. The number of alkyl halides is 3. The van der Waals surface area contributed by atoms with Crippen LogP contribution >= 0.6 is 35.3 Å². The van der Waals surface area contributed by atoms with E-state index >= 15 is 0 Å². The number of likely N-dealkylation sites (tertiary alicyclic amines) is 1. The number of nitrogens with two attached hydrogens (primary N) is 1. The van der Waals surface area contributed by atoms with E-state index < -0.39 is 11.9 Å². The number of piperidine rings is 1. The van der Waals surface area contributed by atoms with Gasteiger partial charge in [0.1, 0.15) is 5.01 Å². The molecular weight excluding hydrogens is 482 g/mol. The van der Waals surface area contributed by atoms with Crippen molar-refractivity contribution in [1.82, 2.24) is 15.2 Å². The van der Waals surface area contributed by atoms with Crippen molar-refractivity contribution >= 4 is 47.2 Å². The van der Waals surface area contributed by atoms with Gasteiger partial charge in [-0.2, -0.15) is 13.2 Å². The summed E-state index contributed by atoms with van der Waals surface area (Å²) in [5.41, 5.74) is 4.39. The van der Waals surface area contributed by atoms with E-state index in [1.165, 1.54) is 0 Å². The number of aliphatic imine (C=N–C) groups is 1. The van der Waals surface area contributed by atoms with E-state index in [1.807, 2.05) is 11.8 Å². The van der Waals surface area contributed by atoms with Gasteiger partial charge < -0.3 is 16.0 Å². The molecule has 3 N–H and O–H groups in total. The van der Waals surface area contributed by atoms with E-state index in [9.17, 15) is 18.0 Å². The Bertz CT molecular complexity index is 623. The highest BCUT2D eigenvalue weighted by molar-refractivity contribution is 14.0. The molecule has 0 bridgehead atoms. The molecule has 1 saturated heterocycles. The van der Waals surface area contributed by atoms with Crippen LogP contribution in [-0.4, -0.2) is 41.4 Å². The van der Waals surface area contributed by atoms with E-state index in [2.05, 4.69) is 15.3 Å². The summed E-state index contributed by atoms with van der Waals surface area (Å²) in [7, 11) is 0. The first-order valence-corrected chi connectivity index (χ1v) is 9.00. The first kappa shape index (κ1) is 22.9. The molecule has 1 aliphatic rings. The van der Waals surface area contributed by atoms with Crippen molar-refractivity contribution in [2.45, 2.75) is 38.9 Å². The standard InChI is InChI=1S/C15H22F3N5OS.HI/c1-2-20-14(23-5-3-4-10(8-23)6-12(19)24)21-7-13-22-11(9-25-13)15(16,17)18;/h9-10H,2-8H2,1H3,(H2,19,24)(H,20,21);1H. The molecule has 1 aromatic rings. The van der Waals surface area contributed by atoms with Crippen molar-refractivity contribution in [3.05, 3.63) is 16.1 Å². The van der Waals surface area contributed by atoms with Crippen LogP contribution in [0.1, 0.15) is 36.9 Å². The lowest BCUT2D eigenvalue weighted by molar-refractivity contribution is -0.140. The number of primary amides is 1. The van der Waals surface area contributed by atoms with Gasteiger partial charge in [0.2, 0.25) is 5.91 Å². The van der Waals surface area contributed by atoms with Crippen molar-refractivity contribution in [2.24, 2.45) is 16.6 Å². The SMILES string of the molecule is CCNC(=NCc1nc(C(F)(F)F)cs1)N1CCCC(CC(N)=O)C1.I. The molecule has 0 aromatic carbocycles. The van der Waals surface area contributed by atoms with Gasteiger partial charge in [-0.25, -0.2) is 9.98 Å². The summed E-state index contributed by atoms with van der Waals surface area (Å²) < 4.78 is 37.8. The van der Waals surface area contributed by atoms with Crippen molar-refractivity contribution in [3.63, 3.8) is 0 Å². The number of hydrogen-bond donors (Lipinski definition) is 2. The minimum atomic E-state index is -4.43. The molecule has 0 saturated carbocycles. The highest BCUT2D eigenvalue weighted by Gasteiger charge is 2.33. The van der Waals surface area contributed by atoms with Crippen molar-refractivity contribution in [3.8, 4) is 0 Å². The van der Waals surface area contributed by atoms with Gasteiger partial charge in [0.15, 0.2) is 11.7 Å². The molecule has 0 spiro atoms. The minimum Gasteiger partial charge on any atom is -0.370 e. The Hall–Kier alpha value is -1.11. The predicted octanol–water partition coefficient (Wildman–Crippen LogP) is 2.83. The maximum absolute atomic E-state index is 12.6. The molecule has 1 unspecified atom stereocenters. The number of rotatable bonds is 5. The largest absolute Gasteiger partial charge is 0.434 e. The van der Waals surface area contributed by atoms with Crippen LogP contribution in [0.2, 0.25) is 0 Å². The lowest BCUT2D eigenvalue weighted by Gasteiger charge is -2.34. The second kappa shape index (κ2) is 10.3. The van der Waals surface area contributed by atoms with Crippen LogP contribution in [0, 0.1) is 5.92 Å². The quantitative estimate of drug-likeness (QED) is 0.367. The maximum Gasteiger partial charge on any atom is 0.434 e. The van der Waals surface area contributed by atoms with Crippen molar-refractivity contribution in [2.75, 3.05) is 19.6 Å². The molecule has 1 aliphatic heterocycles. The fourth-order valence-corrected chi connectivity index (χ4v) is 3.51. The topological polar surface area (TPSA) is 83.6 Å². The van der Waals surface area contributed by atoms with Crippen LogP contribution in [0.25, 0.3) is 0 Å². The lowest BCUT2D eigenvalue weighted by atomic mass is 9.95. The molecule has 1 aromatic heterocycles. The Morgan fingerprint density at radius 1 is 1.54 bits per heavy atom. The Morgan fingerprint density at radius 3 is 2.85 bits per heavy atom. The van der Waals surface area contributed by atoms with Crippen LogP contribution < -0.4 is 11.1 Å². The van der Waals surface area contributed by atoms with Crippen LogP contribution in [-0.2, 0) is 17.5 Å². The number of amides is 1. The molecule has 0 radical (unpaired) electrons. The molecule has 26 heavy (non-hydrogen) atoms. The number of guanidine groups is 1. The average Bonchev–Trinajstić information content (AvgIpc) is 3.00. The summed E-state index contributed by atoms with van der Waals surface area (Å²) in [6.45, 7) is 4.08. The van der Waals surface area contributed by atoms with Gasteiger partial charge in [0.25, 0.3) is 0 Å². The van der Waals surface area contributed by atoms with Crippen LogP contribution in [0.3, 0.4) is 0 Å². The van der Waals surface area contributed by atoms with E-state index in [4.69, 9.17) is 5.73 Å². The third-order valence-electron chi connectivity index (χ3n) is 3.85. The summed E-state index contributed by atoms with van der Waals surface area (Å²) in [4.78, 5) is 21.2. The van der Waals surface area contributed by atoms with Gasteiger partial charge >= 0.3 is 6.18 Å². The molecule has 0 aliphatic carbocycles. The predicted molar refractivity (Wildman–Crippen MR) is 105 cm³/mol. The zero-order chi connectivity index (χ0) is 18.4. The summed E-state index contributed by atoms with van der Waals surface area (Å²) in [5, 5.41) is 4.46. The van der Waals surface area contributed by atoms with Gasteiger partial charge in [0, 0.05) is 31.4 Å². The van der Waals surface area contributed by atoms with Gasteiger partial charge in [-0.1, -0.05) is 0 Å². The number of thiazole rings is 1. The number of carbonyl (C=O) groups excluding carboxylic acids is 1. The molecule has 1 atom stereocenters. The van der Waals surface area contributed by atoms with Gasteiger partial charge in [-0.15, -0.1) is 35.3 Å². The highest BCUT2D eigenvalue weighted by atomic mass is 127. The summed E-state index contributed by atoms with van der Waals surface area (Å²) in [6.07, 6.45) is -2.26. The molecule has 2 heterocycles. The summed E-state index contributed by atoms with van der Waals surface area (Å²) in [5.74, 6) is 0.475. The van der Waals surface area contributed by atoms with Crippen molar-refractivity contribution in [1.29, 1.82) is 0 Å². The number of hydrogen-bond acceptors (Lipinski definition) is 4. The molecule has 1 fully saturated rings. The Morgan fingerprint density at radius 2 is 2.27 bits per heavy atom. The third kappa shape index (κ3) is 6.89. The number of halogens is 4. The molecule has 2 rings (SSSR count). The van der Waals surface area contributed by atoms with Crippen molar-refractivity contribution < 1.29 is 18.0 Å². The first-order valence-electron chi connectivity index (χ1n) is 8.12. The second-order valence-corrected chi connectivity index (χ2v) is 6.86. The maximum atomic E-state index is 12.6. The number of aromatic nitrogens is 1. The lowest BCUT2D eigenvalue weighted by Crippen LogP contribution is -2.47. The number of nitrogens with one attached hydrogen (secondary N) is 1. The molecule has 148 valence electrons. The second-order valence-electron chi connectivity index (χ2n) is 5.92. The molecule has 6 nitrogen and oxygen atoms in total. The smallest absolute Gasteiger partial charge is 0.370 e. The first-order chi connectivity index (χ1) is 11.8. The fraction of sp³-hybridized carbons (Fsp3) is 0.667. The van der Waals surface area contributed by atoms with E-state index in [0.29, 0.717) is 30.5 Å². The Kier molecular flexibility index (Phi) is 9.07. The summed E-state index contributed by atoms with van der Waals surface area (Å²) >= 11 is 0.946. The molecule has 1 amide bonds. The molecular formula is C15H23F3IN5OS. The zero-order valence-corrected chi connectivity index (χ0v) is 17.5. The molecule has 11 heteroatoms. The Labute approximate surface area is 171 Å². The van der Waals surface area contributed by atoms with Gasteiger partial charge in [0.05, 0.1) is 6.54 Å². The van der Waals surface area contributed by atoms with E-state index in [1.54, 1.807) is 0 Å². The highest BCUT2D eigenvalue weighted by Crippen LogP contribution is 2.30. The van der Waals surface area contributed by atoms with Gasteiger partial charge in [-0.05, 0) is 25.7 Å².